The molecule has 0 radical (unpaired) electrons. The van der Waals surface area contributed by atoms with Gasteiger partial charge in [-0.2, -0.15) is 5.10 Å². The van der Waals surface area contributed by atoms with E-state index in [0.29, 0.717) is 17.9 Å². The number of hydrogen-bond donors (Lipinski definition) is 1. The highest BCUT2D eigenvalue weighted by Crippen LogP contribution is 2.33. The van der Waals surface area contributed by atoms with Crippen molar-refractivity contribution in [1.82, 2.24) is 24.6 Å². The molecule has 0 spiro atoms. The average Bonchev–Trinajstić information content (AvgIpc) is 3.53. The van der Waals surface area contributed by atoms with Gasteiger partial charge in [0.05, 0.1) is 34.9 Å². The minimum absolute atomic E-state index is 0.00290. The van der Waals surface area contributed by atoms with Crippen molar-refractivity contribution in [3.8, 4) is 12.3 Å². The molecule has 1 amide bonds. The molecule has 1 aromatic carbocycles. The molecular weight excluding hydrogens is 388 g/mol. The maximum Gasteiger partial charge on any atom is 0.254 e. The first-order valence-corrected chi connectivity index (χ1v) is 10.2. The second-order valence-corrected chi connectivity index (χ2v) is 8.06. The van der Waals surface area contributed by atoms with Crippen molar-refractivity contribution in [2.75, 3.05) is 5.73 Å². The van der Waals surface area contributed by atoms with Crippen molar-refractivity contribution in [2.45, 2.75) is 32.4 Å². The minimum Gasteiger partial charge on any atom is -0.383 e. The molecule has 31 heavy (non-hydrogen) atoms. The predicted molar refractivity (Wildman–Crippen MR) is 120 cm³/mol. The quantitative estimate of drug-likeness (QED) is 0.522. The Balaban J connectivity index is 1.57. The Hall–Kier alpha value is -3.92. The highest BCUT2D eigenvalue weighted by molar-refractivity contribution is 6.10. The zero-order valence-electron chi connectivity index (χ0n) is 17.5. The molecule has 7 heteroatoms. The van der Waals surface area contributed by atoms with Crippen molar-refractivity contribution in [1.29, 1.82) is 0 Å². The second kappa shape index (κ2) is 7.10. The number of nitrogens with zero attached hydrogens (tertiary/aromatic N) is 5. The smallest absolute Gasteiger partial charge is 0.254 e. The molecule has 1 fully saturated rings. The molecule has 3 aromatic heterocycles. The Morgan fingerprint density at radius 3 is 2.77 bits per heavy atom. The molecule has 1 saturated carbocycles. The molecule has 3 heterocycles. The fraction of sp³-hybridized carbons (Fsp3) is 0.250. The summed E-state index contributed by atoms with van der Waals surface area (Å²) in [4.78, 5) is 24.5. The van der Waals surface area contributed by atoms with E-state index < -0.39 is 0 Å². The first-order chi connectivity index (χ1) is 15.0. The molecule has 4 aromatic rings. The van der Waals surface area contributed by atoms with Crippen molar-refractivity contribution < 1.29 is 4.79 Å². The third-order valence-corrected chi connectivity index (χ3v) is 5.86. The van der Waals surface area contributed by atoms with Crippen LogP contribution in [0.2, 0.25) is 0 Å². The average molecular weight is 410 g/mol. The molecule has 0 aliphatic heterocycles. The van der Waals surface area contributed by atoms with Crippen LogP contribution < -0.4 is 5.73 Å². The number of hydrogen-bond acceptors (Lipinski definition) is 5. The van der Waals surface area contributed by atoms with Gasteiger partial charge in [-0.25, -0.2) is 4.98 Å². The van der Waals surface area contributed by atoms with Gasteiger partial charge in [0, 0.05) is 35.8 Å². The predicted octanol–water partition coefficient (Wildman–Crippen LogP) is 3.19. The maximum absolute atomic E-state index is 13.6. The molecular formula is C24H22N6O. The lowest BCUT2D eigenvalue weighted by Crippen LogP contribution is -2.33. The van der Waals surface area contributed by atoms with Crippen LogP contribution in [0.15, 0.2) is 36.7 Å². The summed E-state index contributed by atoms with van der Waals surface area (Å²) in [6, 6.07) is 7.83. The van der Waals surface area contributed by atoms with Gasteiger partial charge in [-0.05, 0) is 49.6 Å². The largest absolute Gasteiger partial charge is 0.383 e. The summed E-state index contributed by atoms with van der Waals surface area (Å²) >= 11 is 0. The third kappa shape index (κ3) is 3.26. The van der Waals surface area contributed by atoms with Crippen molar-refractivity contribution in [3.63, 3.8) is 0 Å². The number of nitrogens with two attached hydrogens (primary N) is 1. The highest BCUT2D eigenvalue weighted by Gasteiger charge is 2.34. The Kier molecular flexibility index (Phi) is 4.36. The monoisotopic (exact) mass is 410 g/mol. The van der Waals surface area contributed by atoms with E-state index in [2.05, 4.69) is 21.0 Å². The zero-order valence-corrected chi connectivity index (χ0v) is 17.5. The van der Waals surface area contributed by atoms with Gasteiger partial charge in [0.25, 0.3) is 5.91 Å². The van der Waals surface area contributed by atoms with Crippen LogP contribution in [0.5, 0.6) is 0 Å². The van der Waals surface area contributed by atoms with Gasteiger partial charge in [0.2, 0.25) is 0 Å². The highest BCUT2D eigenvalue weighted by atomic mass is 16.2. The van der Waals surface area contributed by atoms with Crippen molar-refractivity contribution in [2.24, 2.45) is 7.05 Å². The Bertz CT molecular complexity index is 1380. The number of carbonyl (C=O) groups is 1. The number of amides is 1. The van der Waals surface area contributed by atoms with Crippen molar-refractivity contribution >= 4 is 33.5 Å². The van der Waals surface area contributed by atoms with Crippen LogP contribution in [-0.4, -0.2) is 36.6 Å². The lowest BCUT2D eigenvalue weighted by atomic mass is 10.0. The van der Waals surface area contributed by atoms with E-state index >= 15 is 0 Å². The fourth-order valence-electron chi connectivity index (χ4n) is 4.03. The molecule has 0 unspecified atom stereocenters. The van der Waals surface area contributed by atoms with Gasteiger partial charge >= 0.3 is 0 Å². The summed E-state index contributed by atoms with van der Waals surface area (Å²) in [5.41, 5.74) is 10.8. The Morgan fingerprint density at radius 2 is 2.10 bits per heavy atom. The van der Waals surface area contributed by atoms with Gasteiger partial charge < -0.3 is 10.6 Å². The third-order valence-electron chi connectivity index (χ3n) is 5.86. The van der Waals surface area contributed by atoms with Crippen LogP contribution in [0.1, 0.15) is 40.0 Å². The standard InChI is InChI=1S/C24H22N6O/c1-4-15-5-6-16(26-11-15)13-30(17-7-8-17)24(31)18-10-19-21(9-14(18)2)28-23(25)20-12-27-29(3)22(19)20/h1,5-6,9-12,17H,7-8,13H2,2-3H3,(H2,25,28). The first-order valence-electron chi connectivity index (χ1n) is 10.2. The Morgan fingerprint density at radius 1 is 1.29 bits per heavy atom. The van der Waals surface area contributed by atoms with Gasteiger partial charge in [-0.15, -0.1) is 6.42 Å². The number of fused-ring (bicyclic) bond motifs is 3. The van der Waals surface area contributed by atoms with Gasteiger partial charge in [0.15, 0.2) is 0 Å². The summed E-state index contributed by atoms with van der Waals surface area (Å²) in [5.74, 6) is 3.01. The maximum atomic E-state index is 13.6. The van der Waals surface area contributed by atoms with E-state index in [4.69, 9.17) is 12.2 Å². The van der Waals surface area contributed by atoms with E-state index in [1.165, 1.54) is 0 Å². The number of aromatic nitrogens is 4. The molecule has 5 rings (SSSR count). The van der Waals surface area contributed by atoms with Crippen LogP contribution in [0, 0.1) is 19.3 Å². The number of benzene rings is 1. The zero-order chi connectivity index (χ0) is 21.7. The summed E-state index contributed by atoms with van der Waals surface area (Å²) < 4.78 is 1.77. The van der Waals surface area contributed by atoms with E-state index in [9.17, 15) is 4.79 Å². The van der Waals surface area contributed by atoms with Crippen LogP contribution in [0.3, 0.4) is 0 Å². The van der Waals surface area contributed by atoms with Crippen LogP contribution in [0.25, 0.3) is 21.8 Å². The van der Waals surface area contributed by atoms with Crippen molar-refractivity contribution in [3.05, 3.63) is 59.0 Å². The summed E-state index contributed by atoms with van der Waals surface area (Å²) in [6.07, 6.45) is 10.8. The number of rotatable bonds is 4. The number of aryl methyl sites for hydroxylation is 2. The second-order valence-electron chi connectivity index (χ2n) is 8.06. The van der Waals surface area contributed by atoms with Crippen LogP contribution >= 0.6 is 0 Å². The summed E-state index contributed by atoms with van der Waals surface area (Å²) in [6.45, 7) is 2.38. The summed E-state index contributed by atoms with van der Waals surface area (Å²) in [7, 11) is 1.87. The molecule has 1 aliphatic rings. The van der Waals surface area contributed by atoms with E-state index in [0.717, 1.165) is 51.5 Å². The molecule has 7 nitrogen and oxygen atoms in total. The van der Waals surface area contributed by atoms with E-state index in [-0.39, 0.29) is 11.9 Å². The van der Waals surface area contributed by atoms with Gasteiger partial charge in [-0.1, -0.05) is 5.92 Å². The minimum atomic E-state index is -0.00290. The van der Waals surface area contributed by atoms with E-state index in [1.807, 2.05) is 43.1 Å². The van der Waals surface area contributed by atoms with Crippen LogP contribution in [-0.2, 0) is 13.6 Å². The molecule has 154 valence electrons. The topological polar surface area (TPSA) is 89.9 Å². The molecule has 0 atom stereocenters. The fourth-order valence-corrected chi connectivity index (χ4v) is 4.03. The molecule has 0 bridgehead atoms. The summed E-state index contributed by atoms with van der Waals surface area (Å²) in [5, 5.41) is 5.98. The molecule has 2 N–H and O–H groups in total. The van der Waals surface area contributed by atoms with E-state index in [1.54, 1.807) is 17.1 Å². The number of carbonyl (C=O) groups excluding carboxylic acids is 1. The lowest BCUT2D eigenvalue weighted by molar-refractivity contribution is 0.0727. The Labute approximate surface area is 179 Å². The normalized spacial score (nSPS) is 13.5. The number of anilines is 1. The van der Waals surface area contributed by atoms with Crippen LogP contribution in [0.4, 0.5) is 5.82 Å². The lowest BCUT2D eigenvalue weighted by Gasteiger charge is -2.23. The first kappa shape index (κ1) is 19.1. The van der Waals surface area contributed by atoms with Gasteiger partial charge in [-0.3, -0.25) is 14.5 Å². The SMILES string of the molecule is C#Cc1ccc(CN(C(=O)c2cc3c(cc2C)nc(N)c2cnn(C)c23)C2CC2)nc1. The number of nitrogen functional groups attached to an aromatic ring is 1. The number of terminal acetylenes is 1. The number of pyridine rings is 2. The van der Waals surface area contributed by atoms with Gasteiger partial charge in [0.1, 0.15) is 5.82 Å². The molecule has 1 aliphatic carbocycles. The molecule has 0 saturated heterocycles.